The van der Waals surface area contributed by atoms with Crippen molar-refractivity contribution in [1.82, 2.24) is 4.98 Å². The highest BCUT2D eigenvalue weighted by molar-refractivity contribution is 9.10. The van der Waals surface area contributed by atoms with Gasteiger partial charge in [0.15, 0.2) is 0 Å². The summed E-state index contributed by atoms with van der Waals surface area (Å²) in [5, 5.41) is 0.799. The number of aryl methyl sites for hydroxylation is 1. The van der Waals surface area contributed by atoms with Crippen LogP contribution < -0.4 is 9.46 Å². The number of ether oxygens (including phenoxy) is 1. The summed E-state index contributed by atoms with van der Waals surface area (Å²) in [5.41, 5.74) is 1.77. The lowest BCUT2D eigenvalue weighted by molar-refractivity contribution is 0.415. The maximum Gasteiger partial charge on any atom is 0.261 e. The molecule has 0 aliphatic heterocycles. The van der Waals surface area contributed by atoms with Crippen LogP contribution in [-0.4, -0.2) is 20.5 Å². The van der Waals surface area contributed by atoms with E-state index in [1.165, 1.54) is 19.2 Å². The van der Waals surface area contributed by atoms with Crippen molar-refractivity contribution >= 4 is 42.5 Å². The molecule has 0 spiro atoms. The van der Waals surface area contributed by atoms with Gasteiger partial charge in [0.05, 0.1) is 23.2 Å². The molecule has 0 saturated heterocycles. The fourth-order valence-corrected chi connectivity index (χ4v) is 3.64. The Morgan fingerprint density at radius 1 is 1.08 bits per heavy atom. The van der Waals surface area contributed by atoms with Crippen molar-refractivity contribution in [3.05, 3.63) is 58.7 Å². The molecule has 0 amide bonds. The topological polar surface area (TPSA) is 68.3 Å². The van der Waals surface area contributed by atoms with Crippen LogP contribution in [0, 0.1) is 6.92 Å². The van der Waals surface area contributed by atoms with E-state index in [1.807, 2.05) is 25.1 Å². The van der Waals surface area contributed by atoms with E-state index >= 15 is 0 Å². The molecule has 0 unspecified atom stereocenters. The van der Waals surface area contributed by atoms with E-state index in [1.54, 1.807) is 18.2 Å². The highest BCUT2D eigenvalue weighted by Crippen LogP contribution is 2.30. The maximum atomic E-state index is 12.6. The number of sulfonamides is 1. The van der Waals surface area contributed by atoms with Gasteiger partial charge in [-0.25, -0.2) is 8.42 Å². The number of anilines is 1. The Morgan fingerprint density at radius 2 is 1.79 bits per heavy atom. The van der Waals surface area contributed by atoms with Gasteiger partial charge in [-0.05, 0) is 43.3 Å². The number of hydrogen-bond acceptors (Lipinski definition) is 4. The summed E-state index contributed by atoms with van der Waals surface area (Å²) >= 11 is 3.30. The largest absolute Gasteiger partial charge is 0.497 e. The quantitative estimate of drug-likeness (QED) is 0.707. The molecule has 0 bridgehead atoms. The number of hydrogen-bond donors (Lipinski definition) is 1. The molecule has 1 N–H and O–H groups in total. The van der Waals surface area contributed by atoms with Crippen molar-refractivity contribution in [2.75, 3.05) is 11.8 Å². The Balaban J connectivity index is 2.11. The minimum Gasteiger partial charge on any atom is -0.497 e. The van der Waals surface area contributed by atoms with Crippen molar-refractivity contribution in [2.24, 2.45) is 0 Å². The third-order valence-electron chi connectivity index (χ3n) is 3.51. The van der Waals surface area contributed by atoms with Crippen molar-refractivity contribution < 1.29 is 13.2 Å². The van der Waals surface area contributed by atoms with Crippen LogP contribution in [0.5, 0.6) is 5.75 Å². The molecule has 24 heavy (non-hydrogen) atoms. The van der Waals surface area contributed by atoms with Crippen molar-refractivity contribution in [1.29, 1.82) is 0 Å². The molecule has 3 aromatic rings. The minimum absolute atomic E-state index is 0.175. The smallest absolute Gasteiger partial charge is 0.261 e. The van der Waals surface area contributed by atoms with E-state index in [0.717, 1.165) is 15.6 Å². The zero-order chi connectivity index (χ0) is 17.3. The van der Waals surface area contributed by atoms with E-state index in [0.29, 0.717) is 17.0 Å². The Hall–Kier alpha value is -2.12. The molecule has 0 aliphatic rings. The number of methoxy groups -OCH3 is 1. The molecule has 0 atom stereocenters. The summed E-state index contributed by atoms with van der Waals surface area (Å²) in [6.07, 6.45) is 0. The fourth-order valence-electron chi connectivity index (χ4n) is 2.32. The standard InChI is InChI=1S/C17H15BrN2O3S/c1-11-3-4-12-9-14(23-2)10-16(17(12)19-11)20-24(21,22)15-7-5-13(18)6-8-15/h3-10,20H,1-2H3. The average Bonchev–Trinajstić information content (AvgIpc) is 2.55. The van der Waals surface area contributed by atoms with Crippen LogP contribution in [0.1, 0.15) is 5.69 Å². The molecule has 124 valence electrons. The van der Waals surface area contributed by atoms with Gasteiger partial charge in [0.1, 0.15) is 5.75 Å². The molecule has 1 aromatic heterocycles. The zero-order valence-corrected chi connectivity index (χ0v) is 15.5. The predicted octanol–water partition coefficient (Wildman–Crippen LogP) is 4.12. The SMILES string of the molecule is COc1cc(NS(=O)(=O)c2ccc(Br)cc2)c2nc(C)ccc2c1. The number of rotatable bonds is 4. The second kappa shape index (κ2) is 6.41. The number of nitrogens with zero attached hydrogens (tertiary/aromatic N) is 1. The molecule has 0 radical (unpaired) electrons. The van der Waals surface area contributed by atoms with Crippen LogP contribution in [0.25, 0.3) is 10.9 Å². The molecular weight excluding hydrogens is 392 g/mol. The van der Waals surface area contributed by atoms with Gasteiger partial charge < -0.3 is 4.74 Å². The first-order valence-corrected chi connectivity index (χ1v) is 9.40. The van der Waals surface area contributed by atoms with E-state index in [-0.39, 0.29) is 4.90 Å². The van der Waals surface area contributed by atoms with Crippen LogP contribution >= 0.6 is 15.9 Å². The predicted molar refractivity (Wildman–Crippen MR) is 98.0 cm³/mol. The van der Waals surface area contributed by atoms with Gasteiger partial charge in [0.25, 0.3) is 10.0 Å². The molecule has 0 fully saturated rings. The van der Waals surface area contributed by atoms with Gasteiger partial charge in [-0.2, -0.15) is 0 Å². The van der Waals surface area contributed by atoms with Crippen LogP contribution in [0.15, 0.2) is 57.9 Å². The lowest BCUT2D eigenvalue weighted by Gasteiger charge is -2.12. The molecular formula is C17H15BrN2O3S. The Morgan fingerprint density at radius 3 is 2.46 bits per heavy atom. The van der Waals surface area contributed by atoms with E-state index in [2.05, 4.69) is 25.6 Å². The second-order valence-electron chi connectivity index (χ2n) is 5.26. The summed E-state index contributed by atoms with van der Waals surface area (Å²) in [6.45, 7) is 1.86. The Kier molecular flexibility index (Phi) is 4.47. The van der Waals surface area contributed by atoms with Gasteiger partial charge in [0.2, 0.25) is 0 Å². The Bertz CT molecular complexity index is 1000. The summed E-state index contributed by atoms with van der Waals surface area (Å²) in [4.78, 5) is 4.63. The summed E-state index contributed by atoms with van der Waals surface area (Å²) < 4.78 is 34.0. The van der Waals surface area contributed by atoms with Crippen molar-refractivity contribution in [3.63, 3.8) is 0 Å². The molecule has 5 nitrogen and oxygen atoms in total. The minimum atomic E-state index is -3.73. The first-order chi connectivity index (χ1) is 11.4. The monoisotopic (exact) mass is 406 g/mol. The molecule has 7 heteroatoms. The van der Waals surface area contributed by atoms with Crippen molar-refractivity contribution in [2.45, 2.75) is 11.8 Å². The van der Waals surface area contributed by atoms with E-state index in [9.17, 15) is 8.42 Å². The highest BCUT2D eigenvalue weighted by Gasteiger charge is 2.17. The van der Waals surface area contributed by atoms with E-state index < -0.39 is 10.0 Å². The van der Waals surface area contributed by atoms with Crippen LogP contribution in [-0.2, 0) is 10.0 Å². The second-order valence-corrected chi connectivity index (χ2v) is 7.86. The van der Waals surface area contributed by atoms with Gasteiger partial charge in [0, 0.05) is 21.6 Å². The molecule has 0 saturated carbocycles. The first-order valence-electron chi connectivity index (χ1n) is 7.13. The zero-order valence-electron chi connectivity index (χ0n) is 13.1. The first kappa shape index (κ1) is 16.7. The third kappa shape index (κ3) is 3.37. The number of aromatic nitrogens is 1. The molecule has 1 heterocycles. The fraction of sp³-hybridized carbons (Fsp3) is 0.118. The highest BCUT2D eigenvalue weighted by atomic mass is 79.9. The lowest BCUT2D eigenvalue weighted by Crippen LogP contribution is -2.13. The molecule has 3 rings (SSSR count). The normalized spacial score (nSPS) is 11.5. The lowest BCUT2D eigenvalue weighted by atomic mass is 10.1. The van der Waals surface area contributed by atoms with Crippen LogP contribution in [0.4, 0.5) is 5.69 Å². The van der Waals surface area contributed by atoms with Gasteiger partial charge in [-0.15, -0.1) is 0 Å². The number of halogens is 1. The number of fused-ring (bicyclic) bond motifs is 1. The number of nitrogens with one attached hydrogen (secondary N) is 1. The van der Waals surface area contributed by atoms with Gasteiger partial charge in [-0.1, -0.05) is 22.0 Å². The third-order valence-corrected chi connectivity index (χ3v) is 5.42. The summed E-state index contributed by atoms with van der Waals surface area (Å²) in [7, 11) is -2.19. The van der Waals surface area contributed by atoms with Crippen molar-refractivity contribution in [3.8, 4) is 5.75 Å². The molecule has 2 aromatic carbocycles. The average molecular weight is 407 g/mol. The number of benzene rings is 2. The van der Waals surface area contributed by atoms with Crippen LogP contribution in [0.3, 0.4) is 0 Å². The number of pyridine rings is 1. The maximum absolute atomic E-state index is 12.6. The van der Waals surface area contributed by atoms with Gasteiger partial charge in [-0.3, -0.25) is 9.71 Å². The van der Waals surface area contributed by atoms with E-state index in [4.69, 9.17) is 4.74 Å². The summed E-state index contributed by atoms with van der Waals surface area (Å²) in [5.74, 6) is 0.557. The summed E-state index contributed by atoms with van der Waals surface area (Å²) in [6, 6.07) is 13.6. The van der Waals surface area contributed by atoms with Gasteiger partial charge >= 0.3 is 0 Å². The van der Waals surface area contributed by atoms with Crippen LogP contribution in [0.2, 0.25) is 0 Å². The molecule has 0 aliphatic carbocycles. The Labute approximate surface area is 148 Å².